The minimum atomic E-state index is -0.419. The second-order valence-electron chi connectivity index (χ2n) is 10.3. The highest BCUT2D eigenvalue weighted by molar-refractivity contribution is 5.94. The average Bonchev–Trinajstić information content (AvgIpc) is 3.72. The molecular weight excluding hydrogens is 543 g/mol. The lowest BCUT2D eigenvalue weighted by Crippen LogP contribution is -2.47. The highest BCUT2D eigenvalue weighted by Crippen LogP contribution is 2.26. The molecule has 4 N–H and O–H groups in total. The molecule has 0 radical (unpaired) electrons. The predicted molar refractivity (Wildman–Crippen MR) is 157 cm³/mol. The van der Waals surface area contributed by atoms with Crippen LogP contribution >= 0.6 is 0 Å². The second kappa shape index (κ2) is 11.3. The Hall–Kier alpha value is -4.69. The van der Waals surface area contributed by atoms with E-state index in [1.807, 2.05) is 17.0 Å². The lowest BCUT2D eigenvalue weighted by Gasteiger charge is -2.36. The number of nitrogens with one attached hydrogen (secondary N) is 2. The Bertz CT molecular complexity index is 1800. The van der Waals surface area contributed by atoms with Crippen molar-refractivity contribution in [1.29, 1.82) is 0 Å². The molecule has 1 fully saturated rings. The zero-order valence-electron chi connectivity index (χ0n) is 23.5. The predicted octanol–water partition coefficient (Wildman–Crippen LogP) is 1.14. The van der Waals surface area contributed by atoms with Crippen LogP contribution in [0.4, 0.5) is 16.0 Å². The molecule has 0 aliphatic carbocycles. The van der Waals surface area contributed by atoms with Crippen LogP contribution < -0.4 is 27.0 Å². The lowest BCUT2D eigenvalue weighted by molar-refractivity contribution is 0.0953. The number of hydrogen-bond donors (Lipinski definition) is 3. The SMILES string of the molecule is CNCCNC(=O)c1ccc(N2CCN(CCn3c(=O)n(C)c4c3nc(N)n3nc(-c5ccco5)cc43)CC2)c(F)c1. The molecule has 5 heterocycles. The smallest absolute Gasteiger partial charge is 0.330 e. The maximum atomic E-state index is 15.0. The Morgan fingerprint density at radius 3 is 2.64 bits per heavy atom. The molecule has 0 saturated carbocycles. The average molecular weight is 577 g/mol. The van der Waals surface area contributed by atoms with Gasteiger partial charge in [0.1, 0.15) is 17.0 Å². The summed E-state index contributed by atoms with van der Waals surface area (Å²) in [5.41, 5.74) is 9.23. The fourth-order valence-electron chi connectivity index (χ4n) is 5.43. The number of rotatable bonds is 9. The summed E-state index contributed by atoms with van der Waals surface area (Å²) in [6, 6.07) is 10.0. The Morgan fingerprint density at radius 1 is 1.12 bits per heavy atom. The van der Waals surface area contributed by atoms with Crippen LogP contribution in [0.15, 0.2) is 51.9 Å². The van der Waals surface area contributed by atoms with Gasteiger partial charge in [0.25, 0.3) is 5.91 Å². The number of nitrogen functional groups attached to an aromatic ring is 1. The van der Waals surface area contributed by atoms with E-state index in [9.17, 15) is 14.0 Å². The van der Waals surface area contributed by atoms with Gasteiger partial charge in [-0.1, -0.05) is 0 Å². The van der Waals surface area contributed by atoms with Crippen LogP contribution in [0.5, 0.6) is 0 Å². The number of likely N-dealkylation sites (N-methyl/N-ethyl adjacent to an activating group) is 1. The van der Waals surface area contributed by atoms with Crippen LogP contribution in [0.3, 0.4) is 0 Å². The monoisotopic (exact) mass is 576 g/mol. The molecule has 6 rings (SSSR count). The van der Waals surface area contributed by atoms with Crippen molar-refractivity contribution in [2.75, 3.05) is 63.5 Å². The molecule has 42 heavy (non-hydrogen) atoms. The number of imidazole rings is 1. The molecule has 1 aromatic carbocycles. The van der Waals surface area contributed by atoms with Crippen LogP contribution in [0.1, 0.15) is 10.4 Å². The van der Waals surface area contributed by atoms with Crippen molar-refractivity contribution in [3.8, 4) is 11.5 Å². The number of nitrogens with two attached hydrogens (primary N) is 1. The van der Waals surface area contributed by atoms with E-state index in [1.54, 1.807) is 47.7 Å². The number of anilines is 2. The molecule has 1 amide bonds. The van der Waals surface area contributed by atoms with Crippen molar-refractivity contribution in [2.45, 2.75) is 6.54 Å². The van der Waals surface area contributed by atoms with Gasteiger partial charge in [0.2, 0.25) is 5.95 Å². The van der Waals surface area contributed by atoms with Gasteiger partial charge in [-0.3, -0.25) is 18.8 Å². The zero-order valence-corrected chi connectivity index (χ0v) is 23.5. The van der Waals surface area contributed by atoms with Gasteiger partial charge in [0.15, 0.2) is 11.4 Å². The summed E-state index contributed by atoms with van der Waals surface area (Å²) in [6.45, 7) is 4.77. The number of hydrogen-bond acceptors (Lipinski definition) is 9. The Balaban J connectivity index is 1.14. The molecule has 0 spiro atoms. The molecule has 4 aromatic heterocycles. The fourth-order valence-corrected chi connectivity index (χ4v) is 5.43. The normalized spacial score (nSPS) is 14.3. The molecule has 0 unspecified atom stereocenters. The second-order valence-corrected chi connectivity index (χ2v) is 10.3. The molecule has 5 aromatic rings. The van der Waals surface area contributed by atoms with E-state index < -0.39 is 5.82 Å². The summed E-state index contributed by atoms with van der Waals surface area (Å²) in [5.74, 6) is 0.0486. The van der Waals surface area contributed by atoms with Crippen molar-refractivity contribution >= 4 is 34.2 Å². The van der Waals surface area contributed by atoms with Crippen LogP contribution in [0.25, 0.3) is 28.1 Å². The number of nitrogens with zero attached hydrogens (tertiary/aromatic N) is 7. The van der Waals surface area contributed by atoms with Gasteiger partial charge >= 0.3 is 5.69 Å². The molecule has 0 atom stereocenters. The summed E-state index contributed by atoms with van der Waals surface area (Å²) in [5, 5.41) is 10.2. The largest absolute Gasteiger partial charge is 0.463 e. The topological polar surface area (TPSA) is 144 Å². The number of benzene rings is 1. The first-order valence-corrected chi connectivity index (χ1v) is 13.8. The van der Waals surface area contributed by atoms with E-state index in [0.717, 1.165) is 0 Å². The number of furan rings is 1. The molecule has 0 bridgehead atoms. The molecular formula is C28H33FN10O3. The Morgan fingerprint density at radius 2 is 1.93 bits per heavy atom. The lowest BCUT2D eigenvalue weighted by atomic mass is 10.1. The van der Waals surface area contributed by atoms with Gasteiger partial charge in [-0.2, -0.15) is 14.6 Å². The molecule has 1 aliphatic heterocycles. The Labute approximate surface area is 240 Å². The van der Waals surface area contributed by atoms with Gasteiger partial charge < -0.3 is 25.7 Å². The van der Waals surface area contributed by atoms with Crippen LogP contribution in [0, 0.1) is 5.82 Å². The summed E-state index contributed by atoms with van der Waals surface area (Å²) < 4.78 is 25.2. The minimum absolute atomic E-state index is 0.173. The first-order chi connectivity index (χ1) is 20.4. The number of halogens is 1. The summed E-state index contributed by atoms with van der Waals surface area (Å²) in [6.07, 6.45) is 1.57. The Kier molecular flexibility index (Phi) is 7.39. The molecule has 220 valence electrons. The quantitative estimate of drug-likeness (QED) is 0.220. The van der Waals surface area contributed by atoms with E-state index in [-0.39, 0.29) is 17.5 Å². The first-order valence-electron chi connectivity index (χ1n) is 13.8. The number of aromatic nitrogens is 5. The number of piperazine rings is 1. The van der Waals surface area contributed by atoms with Gasteiger partial charge in [-0.15, -0.1) is 0 Å². The highest BCUT2D eigenvalue weighted by atomic mass is 19.1. The molecule has 1 saturated heterocycles. The fraction of sp³-hybridized carbons (Fsp3) is 0.357. The minimum Gasteiger partial charge on any atom is -0.463 e. The van der Waals surface area contributed by atoms with E-state index in [2.05, 4.69) is 25.6 Å². The van der Waals surface area contributed by atoms with Crippen molar-refractivity contribution < 1.29 is 13.6 Å². The maximum Gasteiger partial charge on any atom is 0.330 e. The van der Waals surface area contributed by atoms with Crippen molar-refractivity contribution in [3.05, 3.63) is 64.5 Å². The third kappa shape index (κ3) is 4.99. The number of aryl methyl sites for hydroxylation is 1. The zero-order chi connectivity index (χ0) is 29.4. The van der Waals surface area contributed by atoms with Gasteiger partial charge in [0, 0.05) is 65.0 Å². The first kappa shape index (κ1) is 27.5. The number of carbonyl (C=O) groups is 1. The van der Waals surface area contributed by atoms with Gasteiger partial charge in [-0.05, 0) is 43.4 Å². The van der Waals surface area contributed by atoms with E-state index in [4.69, 9.17) is 10.2 Å². The molecule has 13 nitrogen and oxygen atoms in total. The highest BCUT2D eigenvalue weighted by Gasteiger charge is 2.23. The summed E-state index contributed by atoms with van der Waals surface area (Å²) in [7, 11) is 3.51. The van der Waals surface area contributed by atoms with E-state index >= 15 is 0 Å². The number of fused-ring (bicyclic) bond motifs is 3. The number of carbonyl (C=O) groups excluding carboxylic acids is 1. The third-order valence-electron chi connectivity index (χ3n) is 7.71. The van der Waals surface area contributed by atoms with Crippen molar-refractivity contribution in [2.24, 2.45) is 7.05 Å². The van der Waals surface area contributed by atoms with E-state index in [1.165, 1.54) is 10.6 Å². The van der Waals surface area contributed by atoms with Crippen LogP contribution in [-0.4, -0.2) is 87.4 Å². The standard InChI is InChI=1S/C28H33FN10O3/c1-31-7-8-32-26(40)18-5-6-21(19(29)16-18)37-12-9-36(10-13-37)11-14-38-25-24(35(2)28(38)41)22-17-20(23-4-3-15-42-23)34-39(22)27(30)33-25/h3-6,15-17,31H,7-14H2,1-2H3,(H2,30,33)(H,32,40). The molecule has 1 aliphatic rings. The summed E-state index contributed by atoms with van der Waals surface area (Å²) >= 11 is 0. The van der Waals surface area contributed by atoms with Crippen molar-refractivity contribution in [1.82, 2.24) is 39.3 Å². The summed E-state index contributed by atoms with van der Waals surface area (Å²) in [4.78, 5) is 34.3. The van der Waals surface area contributed by atoms with E-state index in [0.29, 0.717) is 91.7 Å². The van der Waals surface area contributed by atoms with Crippen LogP contribution in [-0.2, 0) is 13.6 Å². The van der Waals surface area contributed by atoms with Crippen LogP contribution in [0.2, 0.25) is 0 Å². The van der Waals surface area contributed by atoms with Crippen molar-refractivity contribution in [3.63, 3.8) is 0 Å². The number of amides is 1. The maximum absolute atomic E-state index is 15.0. The van der Waals surface area contributed by atoms with Gasteiger partial charge in [-0.25, -0.2) is 9.18 Å². The molecule has 14 heteroatoms. The van der Waals surface area contributed by atoms with Gasteiger partial charge in [0.05, 0.1) is 17.5 Å². The third-order valence-corrected chi connectivity index (χ3v) is 7.71.